The maximum absolute atomic E-state index is 11.9. The van der Waals surface area contributed by atoms with Crippen LogP contribution in [0.3, 0.4) is 0 Å². The fourth-order valence-electron chi connectivity index (χ4n) is 0.913. The molecule has 1 heterocycles. The predicted molar refractivity (Wildman–Crippen MR) is 48.5 cm³/mol. The molecule has 0 aliphatic carbocycles. The Morgan fingerprint density at radius 1 is 1.77 bits per heavy atom. The van der Waals surface area contributed by atoms with E-state index >= 15 is 0 Å². The molecule has 13 heavy (non-hydrogen) atoms. The van der Waals surface area contributed by atoms with Crippen LogP contribution in [0.5, 0.6) is 0 Å². The molecule has 0 bridgehead atoms. The van der Waals surface area contributed by atoms with Crippen LogP contribution < -0.4 is 5.73 Å². The molecule has 72 valence electrons. The highest BCUT2D eigenvalue weighted by atomic mass is 32.1. The Morgan fingerprint density at radius 2 is 2.46 bits per heavy atom. The smallest absolute Gasteiger partial charge is 0.324 e. The van der Waals surface area contributed by atoms with Gasteiger partial charge in [0.15, 0.2) is 0 Å². The molecule has 0 saturated heterocycles. The second kappa shape index (κ2) is 4.29. The highest BCUT2D eigenvalue weighted by Crippen LogP contribution is 2.27. The molecule has 0 aromatic carbocycles. The number of alkyl halides is 1. The molecular weight excluding hydrogens is 195 g/mol. The lowest BCUT2D eigenvalue weighted by molar-refractivity contribution is -0.380. The van der Waals surface area contributed by atoms with Gasteiger partial charge in [-0.2, -0.15) is 0 Å². The van der Waals surface area contributed by atoms with E-state index < -0.39 is 17.6 Å². The van der Waals surface area contributed by atoms with Crippen molar-refractivity contribution >= 4 is 16.3 Å². The minimum Gasteiger partial charge on any atom is -0.324 e. The average molecular weight is 204 g/mol. The molecule has 6 heteroatoms. The van der Waals surface area contributed by atoms with Gasteiger partial charge in [0, 0.05) is 17.5 Å². The highest BCUT2D eigenvalue weighted by molar-refractivity contribution is 7.13. The first kappa shape index (κ1) is 10.1. The highest BCUT2D eigenvalue weighted by Gasteiger charge is 2.13. The quantitative estimate of drug-likeness (QED) is 0.602. The van der Waals surface area contributed by atoms with Crippen molar-refractivity contribution in [1.82, 2.24) is 0 Å². The van der Waals surface area contributed by atoms with Gasteiger partial charge in [-0.05, 0) is 12.0 Å². The van der Waals surface area contributed by atoms with Crippen LogP contribution in [0, 0.1) is 10.1 Å². The zero-order valence-electron chi connectivity index (χ0n) is 6.77. The Bertz CT molecular complexity index is 302. The number of nitrogens with zero attached hydrogens (tertiary/aromatic N) is 1. The van der Waals surface area contributed by atoms with E-state index in [1.165, 1.54) is 6.07 Å². The van der Waals surface area contributed by atoms with Crippen molar-refractivity contribution in [3.8, 4) is 0 Å². The summed E-state index contributed by atoms with van der Waals surface area (Å²) in [6, 6.07) is 0.959. The number of hydrogen-bond acceptors (Lipinski definition) is 4. The van der Waals surface area contributed by atoms with Crippen LogP contribution >= 0.6 is 11.3 Å². The summed E-state index contributed by atoms with van der Waals surface area (Å²) in [6.07, 6.45) is 0.202. The SMILES string of the molecule is N[C@H](CCF)c1csc([N+](=O)[O-])c1. The van der Waals surface area contributed by atoms with Crippen LogP contribution in [-0.2, 0) is 0 Å². The van der Waals surface area contributed by atoms with E-state index in [1.54, 1.807) is 5.38 Å². The van der Waals surface area contributed by atoms with Crippen molar-refractivity contribution in [3.05, 3.63) is 27.1 Å². The lowest BCUT2D eigenvalue weighted by Gasteiger charge is -2.04. The summed E-state index contributed by atoms with van der Waals surface area (Å²) in [7, 11) is 0. The van der Waals surface area contributed by atoms with Crippen LogP contribution in [0.25, 0.3) is 0 Å². The second-order valence-electron chi connectivity index (χ2n) is 2.56. The third kappa shape index (κ3) is 2.46. The number of rotatable bonds is 4. The molecule has 1 rings (SSSR count). The van der Waals surface area contributed by atoms with E-state index in [2.05, 4.69) is 0 Å². The zero-order chi connectivity index (χ0) is 9.84. The first-order valence-corrected chi connectivity index (χ1v) is 4.57. The van der Waals surface area contributed by atoms with Crippen LogP contribution in [-0.4, -0.2) is 11.6 Å². The molecule has 4 nitrogen and oxygen atoms in total. The molecule has 1 aromatic heterocycles. The summed E-state index contributed by atoms with van der Waals surface area (Å²) in [4.78, 5) is 9.82. The monoisotopic (exact) mass is 204 g/mol. The zero-order valence-corrected chi connectivity index (χ0v) is 7.59. The Hall–Kier alpha value is -1.01. The first-order chi connectivity index (χ1) is 6.15. The summed E-state index contributed by atoms with van der Waals surface area (Å²) in [6.45, 7) is -0.509. The molecule has 0 radical (unpaired) electrons. The lowest BCUT2D eigenvalue weighted by atomic mass is 10.1. The molecule has 0 fully saturated rings. The largest absolute Gasteiger partial charge is 0.324 e. The molecule has 0 spiro atoms. The normalized spacial score (nSPS) is 12.8. The third-order valence-electron chi connectivity index (χ3n) is 1.63. The molecule has 0 aliphatic rings. The summed E-state index contributed by atoms with van der Waals surface area (Å²) in [5, 5.41) is 11.9. The molecule has 2 N–H and O–H groups in total. The first-order valence-electron chi connectivity index (χ1n) is 3.69. The van der Waals surface area contributed by atoms with Crippen molar-refractivity contribution in [1.29, 1.82) is 0 Å². The third-order valence-corrected chi connectivity index (χ3v) is 2.53. The van der Waals surface area contributed by atoms with Gasteiger partial charge in [-0.25, -0.2) is 0 Å². The summed E-state index contributed by atoms with van der Waals surface area (Å²) in [5.74, 6) is 0. The fourth-order valence-corrected chi connectivity index (χ4v) is 1.70. The van der Waals surface area contributed by atoms with Gasteiger partial charge in [0.05, 0.1) is 11.6 Å². The lowest BCUT2D eigenvalue weighted by Crippen LogP contribution is -2.09. The molecule has 0 unspecified atom stereocenters. The van der Waals surface area contributed by atoms with E-state index in [1.807, 2.05) is 0 Å². The number of halogens is 1. The van der Waals surface area contributed by atoms with E-state index in [-0.39, 0.29) is 11.4 Å². The van der Waals surface area contributed by atoms with Crippen molar-refractivity contribution in [2.24, 2.45) is 5.73 Å². The molecule has 0 aliphatic heterocycles. The summed E-state index contributed by atoms with van der Waals surface area (Å²) in [5.41, 5.74) is 6.20. The Balaban J connectivity index is 2.73. The molecule has 0 saturated carbocycles. The van der Waals surface area contributed by atoms with Crippen molar-refractivity contribution in [3.63, 3.8) is 0 Å². The maximum Gasteiger partial charge on any atom is 0.324 e. The Labute approximate surface area is 78.3 Å². The topological polar surface area (TPSA) is 69.2 Å². The van der Waals surface area contributed by atoms with Gasteiger partial charge in [0.1, 0.15) is 0 Å². The van der Waals surface area contributed by atoms with E-state index in [4.69, 9.17) is 5.73 Å². The Kier molecular flexibility index (Phi) is 3.32. The van der Waals surface area contributed by atoms with Gasteiger partial charge >= 0.3 is 5.00 Å². The van der Waals surface area contributed by atoms with E-state index in [0.29, 0.717) is 5.56 Å². The van der Waals surface area contributed by atoms with Crippen LogP contribution in [0.4, 0.5) is 9.39 Å². The van der Waals surface area contributed by atoms with Crippen LogP contribution in [0.15, 0.2) is 11.4 Å². The fraction of sp³-hybridized carbons (Fsp3) is 0.429. The average Bonchev–Trinajstić information content (AvgIpc) is 2.52. The van der Waals surface area contributed by atoms with Gasteiger partial charge in [-0.15, -0.1) is 0 Å². The van der Waals surface area contributed by atoms with Crippen LogP contribution in [0.1, 0.15) is 18.0 Å². The molecule has 0 amide bonds. The van der Waals surface area contributed by atoms with Gasteiger partial charge in [-0.3, -0.25) is 14.5 Å². The summed E-state index contributed by atoms with van der Waals surface area (Å²) < 4.78 is 11.9. The van der Waals surface area contributed by atoms with Crippen molar-refractivity contribution in [2.45, 2.75) is 12.5 Å². The minimum absolute atomic E-state index is 0.0457. The standard InChI is InChI=1S/C7H9FN2O2S/c8-2-1-6(9)5-3-7(10(11)12)13-4-5/h3-4,6H,1-2,9H2/t6-/m1/s1. The number of nitrogens with two attached hydrogens (primary N) is 1. The van der Waals surface area contributed by atoms with E-state index in [0.717, 1.165) is 11.3 Å². The minimum atomic E-state index is -0.509. The second-order valence-corrected chi connectivity index (χ2v) is 3.45. The van der Waals surface area contributed by atoms with Crippen molar-refractivity contribution < 1.29 is 9.31 Å². The summed E-state index contributed by atoms with van der Waals surface area (Å²) >= 11 is 1.01. The number of thiophene rings is 1. The number of nitro groups is 1. The predicted octanol–water partition coefficient (Wildman–Crippen LogP) is 2.02. The molecule has 1 aromatic rings. The van der Waals surface area contributed by atoms with Gasteiger partial charge in [0.25, 0.3) is 0 Å². The molecular formula is C7H9FN2O2S. The number of hydrogen-bond donors (Lipinski definition) is 1. The van der Waals surface area contributed by atoms with Gasteiger partial charge in [0.2, 0.25) is 0 Å². The van der Waals surface area contributed by atoms with E-state index in [9.17, 15) is 14.5 Å². The van der Waals surface area contributed by atoms with Gasteiger partial charge in [-0.1, -0.05) is 11.3 Å². The van der Waals surface area contributed by atoms with Gasteiger partial charge < -0.3 is 5.73 Å². The van der Waals surface area contributed by atoms with Crippen molar-refractivity contribution in [2.75, 3.05) is 6.67 Å². The molecule has 1 atom stereocenters. The Morgan fingerprint density at radius 3 is 2.92 bits per heavy atom. The van der Waals surface area contributed by atoms with Crippen LogP contribution in [0.2, 0.25) is 0 Å². The maximum atomic E-state index is 11.9.